The van der Waals surface area contributed by atoms with Crippen molar-refractivity contribution in [2.75, 3.05) is 6.54 Å². The normalized spacial score (nSPS) is 9.67. The Balaban J connectivity index is 0.00000112. The van der Waals surface area contributed by atoms with E-state index < -0.39 is 0 Å². The summed E-state index contributed by atoms with van der Waals surface area (Å²) in [6.07, 6.45) is 0.912. The van der Waals surface area contributed by atoms with E-state index in [0.29, 0.717) is 6.54 Å². The molecule has 0 atom stereocenters. The predicted octanol–water partition coefficient (Wildman–Crippen LogP) is 2.73. The minimum absolute atomic E-state index is 0. The maximum Gasteiger partial charge on any atom is 0.0843 e. The number of benzene rings is 1. The van der Waals surface area contributed by atoms with Gasteiger partial charge in [0.15, 0.2) is 0 Å². The summed E-state index contributed by atoms with van der Waals surface area (Å²) in [6, 6.07) is 10.2. The van der Waals surface area contributed by atoms with Gasteiger partial charge in [0.25, 0.3) is 0 Å². The van der Waals surface area contributed by atoms with Crippen molar-refractivity contribution < 1.29 is 0 Å². The molecule has 1 aromatic carbocycles. The van der Waals surface area contributed by atoms with E-state index in [1.54, 1.807) is 11.3 Å². The van der Waals surface area contributed by atoms with Crippen molar-refractivity contribution in [2.24, 2.45) is 5.73 Å². The summed E-state index contributed by atoms with van der Waals surface area (Å²) in [7, 11) is 0. The van der Waals surface area contributed by atoms with Crippen LogP contribution in [0.4, 0.5) is 0 Å². The van der Waals surface area contributed by atoms with Gasteiger partial charge in [-0.25, -0.2) is 4.98 Å². The molecule has 1 heterocycles. The van der Waals surface area contributed by atoms with Gasteiger partial charge >= 0.3 is 0 Å². The van der Waals surface area contributed by atoms with Crippen LogP contribution in [-0.2, 0) is 6.42 Å². The molecule has 2 aromatic rings. The monoisotopic (exact) mass is 240 g/mol. The molecule has 0 fully saturated rings. The second-order valence-electron chi connectivity index (χ2n) is 3.03. The second kappa shape index (κ2) is 5.85. The Hall–Kier alpha value is -0.900. The molecule has 0 amide bonds. The number of hydrogen-bond donors (Lipinski definition) is 1. The number of nitrogens with two attached hydrogens (primary N) is 1. The Morgan fingerprint density at radius 3 is 2.60 bits per heavy atom. The highest BCUT2D eigenvalue weighted by molar-refractivity contribution is 7.10. The number of nitrogens with zero attached hydrogens (tertiary/aromatic N) is 1. The minimum Gasteiger partial charge on any atom is -0.330 e. The van der Waals surface area contributed by atoms with Crippen molar-refractivity contribution >= 4 is 23.7 Å². The lowest BCUT2D eigenvalue weighted by atomic mass is 10.1. The van der Waals surface area contributed by atoms with Crippen LogP contribution in [0.25, 0.3) is 11.3 Å². The molecule has 0 unspecified atom stereocenters. The van der Waals surface area contributed by atoms with E-state index in [4.69, 9.17) is 5.73 Å². The van der Waals surface area contributed by atoms with Gasteiger partial charge in [0.1, 0.15) is 0 Å². The van der Waals surface area contributed by atoms with Gasteiger partial charge < -0.3 is 5.73 Å². The average molecular weight is 241 g/mol. The third-order valence-electron chi connectivity index (χ3n) is 2.06. The van der Waals surface area contributed by atoms with E-state index in [-0.39, 0.29) is 12.4 Å². The van der Waals surface area contributed by atoms with Crippen LogP contribution in [0.15, 0.2) is 35.8 Å². The zero-order valence-corrected chi connectivity index (χ0v) is 9.85. The minimum atomic E-state index is 0. The van der Waals surface area contributed by atoms with Crippen LogP contribution in [0.5, 0.6) is 0 Å². The van der Waals surface area contributed by atoms with Gasteiger partial charge in [-0.15, -0.1) is 23.7 Å². The van der Waals surface area contributed by atoms with E-state index >= 15 is 0 Å². The van der Waals surface area contributed by atoms with Crippen LogP contribution in [0.3, 0.4) is 0 Å². The fourth-order valence-electron chi connectivity index (χ4n) is 1.41. The highest BCUT2D eigenvalue weighted by atomic mass is 35.5. The number of thiazole rings is 1. The quantitative estimate of drug-likeness (QED) is 0.896. The molecule has 15 heavy (non-hydrogen) atoms. The molecule has 0 bridgehead atoms. The smallest absolute Gasteiger partial charge is 0.0843 e. The summed E-state index contributed by atoms with van der Waals surface area (Å²) < 4.78 is 0. The average Bonchev–Trinajstić information content (AvgIpc) is 2.68. The molecule has 0 saturated carbocycles. The van der Waals surface area contributed by atoms with Crippen molar-refractivity contribution in [1.29, 1.82) is 0 Å². The first-order valence-corrected chi connectivity index (χ1v) is 5.47. The van der Waals surface area contributed by atoms with Crippen LogP contribution >= 0.6 is 23.7 Å². The van der Waals surface area contributed by atoms with Gasteiger partial charge in [0.2, 0.25) is 0 Å². The fraction of sp³-hybridized carbons (Fsp3) is 0.182. The molecular formula is C11H13ClN2S. The zero-order valence-electron chi connectivity index (χ0n) is 8.22. The SMILES string of the molecule is Cl.NCCc1scnc1-c1ccccc1. The molecular weight excluding hydrogens is 228 g/mol. The zero-order chi connectivity index (χ0) is 9.80. The molecule has 0 aliphatic carbocycles. The van der Waals surface area contributed by atoms with Gasteiger partial charge in [-0.1, -0.05) is 30.3 Å². The largest absolute Gasteiger partial charge is 0.330 e. The molecule has 1 aromatic heterocycles. The van der Waals surface area contributed by atoms with Gasteiger partial charge in [0.05, 0.1) is 11.2 Å². The maximum atomic E-state index is 5.55. The van der Waals surface area contributed by atoms with E-state index in [1.165, 1.54) is 10.4 Å². The summed E-state index contributed by atoms with van der Waals surface area (Å²) in [4.78, 5) is 5.64. The van der Waals surface area contributed by atoms with Crippen molar-refractivity contribution in [3.8, 4) is 11.3 Å². The van der Waals surface area contributed by atoms with Crippen LogP contribution < -0.4 is 5.73 Å². The van der Waals surface area contributed by atoms with Gasteiger partial charge in [-0.2, -0.15) is 0 Å². The number of halogens is 1. The lowest BCUT2D eigenvalue weighted by Crippen LogP contribution is -2.02. The third kappa shape index (κ3) is 2.78. The van der Waals surface area contributed by atoms with Crippen LogP contribution in [-0.4, -0.2) is 11.5 Å². The van der Waals surface area contributed by atoms with Gasteiger partial charge in [-0.05, 0) is 13.0 Å². The molecule has 2 N–H and O–H groups in total. The van der Waals surface area contributed by atoms with Crippen molar-refractivity contribution in [3.05, 3.63) is 40.7 Å². The highest BCUT2D eigenvalue weighted by Crippen LogP contribution is 2.25. The number of aromatic nitrogens is 1. The maximum absolute atomic E-state index is 5.55. The Labute approximate surface area is 99.6 Å². The summed E-state index contributed by atoms with van der Waals surface area (Å²) in [5, 5.41) is 0. The number of rotatable bonds is 3. The first-order chi connectivity index (χ1) is 6.92. The van der Waals surface area contributed by atoms with Crippen LogP contribution in [0.1, 0.15) is 4.88 Å². The van der Waals surface area contributed by atoms with E-state index in [1.807, 2.05) is 23.7 Å². The fourth-order valence-corrected chi connectivity index (χ4v) is 2.21. The lowest BCUT2D eigenvalue weighted by Gasteiger charge is -2.00. The second-order valence-corrected chi connectivity index (χ2v) is 3.97. The molecule has 0 aliphatic heterocycles. The van der Waals surface area contributed by atoms with E-state index in [9.17, 15) is 0 Å². The number of hydrogen-bond acceptors (Lipinski definition) is 3. The highest BCUT2D eigenvalue weighted by Gasteiger charge is 2.06. The topological polar surface area (TPSA) is 38.9 Å². The third-order valence-corrected chi connectivity index (χ3v) is 2.95. The summed E-state index contributed by atoms with van der Waals surface area (Å²) >= 11 is 1.68. The first kappa shape index (κ1) is 12.2. The standard InChI is InChI=1S/C11H12N2S.ClH/c12-7-6-10-11(13-8-14-10)9-4-2-1-3-5-9;/h1-5,8H,6-7,12H2;1H. The van der Waals surface area contributed by atoms with Crippen LogP contribution in [0.2, 0.25) is 0 Å². The van der Waals surface area contributed by atoms with Gasteiger partial charge in [-0.3, -0.25) is 0 Å². The Morgan fingerprint density at radius 1 is 1.20 bits per heavy atom. The van der Waals surface area contributed by atoms with Crippen molar-refractivity contribution in [2.45, 2.75) is 6.42 Å². The molecule has 0 spiro atoms. The lowest BCUT2D eigenvalue weighted by molar-refractivity contribution is 0.986. The Morgan fingerprint density at radius 2 is 1.93 bits per heavy atom. The summed E-state index contributed by atoms with van der Waals surface area (Å²) in [5.74, 6) is 0. The van der Waals surface area contributed by atoms with Crippen LogP contribution in [0, 0.1) is 0 Å². The summed E-state index contributed by atoms with van der Waals surface area (Å²) in [6.45, 7) is 0.683. The predicted molar refractivity (Wildman–Crippen MR) is 67.6 cm³/mol. The van der Waals surface area contributed by atoms with E-state index in [2.05, 4.69) is 17.1 Å². The Bertz CT molecular complexity index is 400. The van der Waals surface area contributed by atoms with Gasteiger partial charge in [0, 0.05) is 10.4 Å². The molecule has 2 nitrogen and oxygen atoms in total. The van der Waals surface area contributed by atoms with Crippen molar-refractivity contribution in [1.82, 2.24) is 4.98 Å². The molecule has 0 aliphatic rings. The molecule has 4 heteroatoms. The molecule has 0 saturated heterocycles. The van der Waals surface area contributed by atoms with E-state index in [0.717, 1.165) is 12.1 Å². The Kier molecular flexibility index (Phi) is 4.75. The summed E-state index contributed by atoms with van der Waals surface area (Å²) in [5.41, 5.74) is 9.69. The molecule has 80 valence electrons. The molecule has 0 radical (unpaired) electrons. The first-order valence-electron chi connectivity index (χ1n) is 4.59. The molecule has 2 rings (SSSR count). The van der Waals surface area contributed by atoms with Crippen molar-refractivity contribution in [3.63, 3.8) is 0 Å².